The van der Waals surface area contributed by atoms with Crippen molar-refractivity contribution in [3.63, 3.8) is 0 Å². The molecule has 0 spiro atoms. The van der Waals surface area contributed by atoms with Crippen LogP contribution in [0.3, 0.4) is 0 Å². The summed E-state index contributed by atoms with van der Waals surface area (Å²) in [7, 11) is 0. The van der Waals surface area contributed by atoms with Crippen LogP contribution in [0.5, 0.6) is 5.75 Å². The van der Waals surface area contributed by atoms with E-state index in [9.17, 15) is 9.59 Å². The number of hydrogen-bond acceptors (Lipinski definition) is 6. The Labute approximate surface area is 160 Å². The lowest BCUT2D eigenvalue weighted by Crippen LogP contribution is -2.40. The molecule has 8 heteroatoms. The maximum Gasteiger partial charge on any atom is 0.274 e. The Hall–Kier alpha value is -2.74. The summed E-state index contributed by atoms with van der Waals surface area (Å²) >= 11 is 1.33. The minimum Gasteiger partial charge on any atom is -0.489 e. The average molecular weight is 384 g/mol. The van der Waals surface area contributed by atoms with E-state index >= 15 is 0 Å². The van der Waals surface area contributed by atoms with E-state index in [0.717, 1.165) is 37.1 Å². The molecule has 1 aliphatic carbocycles. The van der Waals surface area contributed by atoms with Crippen LogP contribution >= 0.6 is 11.3 Å². The summed E-state index contributed by atoms with van der Waals surface area (Å²) in [6.45, 7) is 1.93. The third kappa shape index (κ3) is 3.85. The molecule has 1 saturated carbocycles. The second-order valence-corrected chi connectivity index (χ2v) is 7.56. The second-order valence-electron chi connectivity index (χ2n) is 6.69. The first-order valence-corrected chi connectivity index (χ1v) is 9.84. The van der Waals surface area contributed by atoms with Gasteiger partial charge in [-0.2, -0.15) is 4.98 Å². The molecule has 0 radical (unpaired) electrons. The number of thiazole rings is 1. The van der Waals surface area contributed by atoms with Crippen LogP contribution in [-0.4, -0.2) is 32.4 Å². The third-order valence-corrected chi connectivity index (χ3v) is 5.57. The molecular weight excluding hydrogens is 364 g/mol. The molecular formula is C19H20N4O3S. The van der Waals surface area contributed by atoms with E-state index in [1.807, 2.05) is 24.4 Å². The van der Waals surface area contributed by atoms with Gasteiger partial charge in [0.1, 0.15) is 11.4 Å². The molecule has 0 bridgehead atoms. The zero-order chi connectivity index (χ0) is 18.8. The Morgan fingerprint density at radius 2 is 2.15 bits per heavy atom. The lowest BCUT2D eigenvalue weighted by molar-refractivity contribution is 0.0887. The fourth-order valence-electron chi connectivity index (χ4n) is 3.38. The van der Waals surface area contributed by atoms with Gasteiger partial charge in [0.2, 0.25) is 0 Å². The van der Waals surface area contributed by atoms with E-state index < -0.39 is 5.56 Å². The smallest absolute Gasteiger partial charge is 0.274 e. The number of aryl methyl sites for hydroxylation is 1. The van der Waals surface area contributed by atoms with Crippen molar-refractivity contribution in [2.75, 3.05) is 0 Å². The van der Waals surface area contributed by atoms with Crippen LogP contribution in [0.15, 0.2) is 40.8 Å². The van der Waals surface area contributed by atoms with Crippen molar-refractivity contribution < 1.29 is 9.53 Å². The van der Waals surface area contributed by atoms with Gasteiger partial charge in [-0.25, -0.2) is 0 Å². The molecule has 0 unspecified atom stereocenters. The van der Waals surface area contributed by atoms with E-state index in [1.54, 1.807) is 16.8 Å². The van der Waals surface area contributed by atoms with Crippen molar-refractivity contribution in [1.82, 2.24) is 19.7 Å². The number of carbonyl (C=O) groups is 1. The SMILES string of the molecule is Cc1ncccc1OC1CCC(NC(=O)c2cc(=O)nc3sccn23)CC1. The number of nitrogens with zero attached hydrogens (tertiary/aromatic N) is 3. The number of carbonyl (C=O) groups excluding carboxylic acids is 1. The van der Waals surface area contributed by atoms with Gasteiger partial charge in [0, 0.05) is 29.9 Å². The molecule has 3 aromatic heterocycles. The monoisotopic (exact) mass is 384 g/mol. The van der Waals surface area contributed by atoms with Gasteiger partial charge < -0.3 is 10.1 Å². The standard InChI is InChI=1S/C19H20N4O3S/c1-12-16(3-2-8-20-12)26-14-6-4-13(5-7-14)21-18(25)15-11-17(24)22-19-23(15)9-10-27-19/h2-3,8-11,13-14H,4-7H2,1H3,(H,21,25). The highest BCUT2D eigenvalue weighted by atomic mass is 32.1. The molecule has 1 fully saturated rings. The number of fused-ring (bicyclic) bond motifs is 1. The molecule has 140 valence electrons. The normalized spacial score (nSPS) is 19.7. The van der Waals surface area contributed by atoms with Gasteiger partial charge in [0.05, 0.1) is 11.8 Å². The zero-order valence-electron chi connectivity index (χ0n) is 14.9. The van der Waals surface area contributed by atoms with E-state index in [2.05, 4.69) is 15.3 Å². The number of rotatable bonds is 4. The minimum atomic E-state index is -0.397. The van der Waals surface area contributed by atoms with Gasteiger partial charge in [-0.1, -0.05) is 0 Å². The second kappa shape index (κ2) is 7.48. The number of pyridine rings is 1. The zero-order valence-corrected chi connectivity index (χ0v) is 15.7. The fraction of sp³-hybridized carbons (Fsp3) is 0.368. The summed E-state index contributed by atoms with van der Waals surface area (Å²) in [5.41, 5.74) is 0.818. The lowest BCUT2D eigenvalue weighted by atomic mass is 9.92. The first kappa shape index (κ1) is 17.7. The van der Waals surface area contributed by atoms with Crippen LogP contribution in [0, 0.1) is 6.92 Å². The Kier molecular flexibility index (Phi) is 4.89. The number of ether oxygens (including phenoxy) is 1. The molecule has 3 aromatic rings. The molecule has 0 atom stereocenters. The van der Waals surface area contributed by atoms with Crippen molar-refractivity contribution in [2.24, 2.45) is 0 Å². The van der Waals surface area contributed by atoms with Crippen LogP contribution in [0.25, 0.3) is 4.96 Å². The van der Waals surface area contributed by atoms with E-state index in [1.165, 1.54) is 17.4 Å². The molecule has 3 heterocycles. The van der Waals surface area contributed by atoms with Crippen LogP contribution in [0.2, 0.25) is 0 Å². The summed E-state index contributed by atoms with van der Waals surface area (Å²) in [6.07, 6.45) is 7.04. The minimum absolute atomic E-state index is 0.0740. The van der Waals surface area contributed by atoms with Crippen molar-refractivity contribution in [1.29, 1.82) is 0 Å². The van der Waals surface area contributed by atoms with Gasteiger partial charge in [-0.15, -0.1) is 11.3 Å². The van der Waals surface area contributed by atoms with E-state index in [0.29, 0.717) is 10.7 Å². The number of amides is 1. The first-order valence-electron chi connectivity index (χ1n) is 8.96. The molecule has 1 amide bonds. The van der Waals surface area contributed by atoms with Crippen LogP contribution in [-0.2, 0) is 0 Å². The molecule has 27 heavy (non-hydrogen) atoms. The van der Waals surface area contributed by atoms with Gasteiger partial charge in [-0.3, -0.25) is 19.0 Å². The summed E-state index contributed by atoms with van der Waals surface area (Å²) in [6, 6.07) is 5.17. The van der Waals surface area contributed by atoms with Crippen molar-refractivity contribution in [3.8, 4) is 5.75 Å². The summed E-state index contributed by atoms with van der Waals surface area (Å²) in [5, 5.41) is 4.86. The van der Waals surface area contributed by atoms with E-state index in [4.69, 9.17) is 4.74 Å². The topological polar surface area (TPSA) is 85.6 Å². The average Bonchev–Trinajstić information content (AvgIpc) is 3.12. The molecule has 4 rings (SSSR count). The Balaban J connectivity index is 1.37. The van der Waals surface area contributed by atoms with Crippen LogP contribution in [0.1, 0.15) is 41.9 Å². The summed E-state index contributed by atoms with van der Waals surface area (Å²) in [4.78, 5) is 33.1. The van der Waals surface area contributed by atoms with Crippen molar-refractivity contribution in [3.05, 3.63) is 57.7 Å². The van der Waals surface area contributed by atoms with Gasteiger partial charge in [-0.05, 0) is 44.7 Å². The summed E-state index contributed by atoms with van der Waals surface area (Å²) < 4.78 is 7.71. The maximum atomic E-state index is 12.7. The van der Waals surface area contributed by atoms with Gasteiger partial charge in [0.25, 0.3) is 11.5 Å². The third-order valence-electron chi connectivity index (χ3n) is 4.81. The molecule has 0 saturated heterocycles. The molecule has 0 aromatic carbocycles. The highest BCUT2D eigenvalue weighted by Gasteiger charge is 2.25. The lowest BCUT2D eigenvalue weighted by Gasteiger charge is -2.29. The van der Waals surface area contributed by atoms with Crippen molar-refractivity contribution >= 4 is 22.2 Å². The quantitative estimate of drug-likeness (QED) is 0.747. The van der Waals surface area contributed by atoms with E-state index in [-0.39, 0.29) is 18.1 Å². The molecule has 0 aliphatic heterocycles. The summed E-state index contributed by atoms with van der Waals surface area (Å²) in [5.74, 6) is 0.580. The van der Waals surface area contributed by atoms with Gasteiger partial charge in [0.15, 0.2) is 4.96 Å². The highest BCUT2D eigenvalue weighted by Crippen LogP contribution is 2.25. The number of nitrogens with one attached hydrogen (secondary N) is 1. The number of aromatic nitrogens is 3. The van der Waals surface area contributed by atoms with Crippen LogP contribution < -0.4 is 15.6 Å². The van der Waals surface area contributed by atoms with Crippen LogP contribution in [0.4, 0.5) is 0 Å². The maximum absolute atomic E-state index is 12.7. The molecule has 7 nitrogen and oxygen atoms in total. The Bertz CT molecular complexity index is 1020. The first-order chi connectivity index (χ1) is 13.1. The fourth-order valence-corrected chi connectivity index (χ4v) is 4.10. The van der Waals surface area contributed by atoms with Crippen molar-refractivity contribution in [2.45, 2.75) is 44.8 Å². The Morgan fingerprint density at radius 1 is 1.33 bits per heavy atom. The predicted octanol–water partition coefficient (Wildman–Crippen LogP) is 2.58. The largest absolute Gasteiger partial charge is 0.489 e. The molecule has 1 aliphatic rings. The Morgan fingerprint density at radius 3 is 2.93 bits per heavy atom. The van der Waals surface area contributed by atoms with Gasteiger partial charge >= 0.3 is 0 Å². The predicted molar refractivity (Wildman–Crippen MR) is 102 cm³/mol. The number of hydrogen-bond donors (Lipinski definition) is 1. The molecule has 1 N–H and O–H groups in total. The highest BCUT2D eigenvalue weighted by molar-refractivity contribution is 7.15.